The third-order valence-electron chi connectivity index (χ3n) is 4.71. The lowest BCUT2D eigenvalue weighted by molar-refractivity contribution is 0.247. The number of para-hydroxylation sites is 1. The van der Waals surface area contributed by atoms with Gasteiger partial charge in [-0.3, -0.25) is 0 Å². The molecule has 2 aromatic rings. The second-order valence-electron chi connectivity index (χ2n) is 6.35. The number of carbonyl (C=O) groups is 1. The van der Waals surface area contributed by atoms with Crippen molar-refractivity contribution >= 4 is 11.7 Å². The number of hydrogen-bond donors (Lipinski definition) is 2. The monoisotopic (exact) mass is 323 g/mol. The first-order valence-corrected chi connectivity index (χ1v) is 8.66. The molecule has 1 aliphatic rings. The zero-order valence-electron chi connectivity index (χ0n) is 13.9. The number of amides is 2. The van der Waals surface area contributed by atoms with Crippen LogP contribution in [0.25, 0.3) is 0 Å². The van der Waals surface area contributed by atoms with Gasteiger partial charge >= 0.3 is 6.03 Å². The molecule has 0 aromatic heterocycles. The number of carbonyl (C=O) groups excluding carboxylic acids is 1. The highest BCUT2D eigenvalue weighted by atomic mass is 16.2. The number of nitrogens with zero attached hydrogens (tertiary/aromatic N) is 1. The van der Waals surface area contributed by atoms with Gasteiger partial charge in [0.05, 0.1) is 0 Å². The van der Waals surface area contributed by atoms with E-state index in [0.717, 1.165) is 32.2 Å². The SMILES string of the molecule is NC(=O)NCC1CCc2ccccc2N1CCCc1ccccc1. The topological polar surface area (TPSA) is 58.4 Å². The lowest BCUT2D eigenvalue weighted by Gasteiger charge is -2.39. The Morgan fingerprint density at radius 1 is 1.12 bits per heavy atom. The Hall–Kier alpha value is -2.49. The Labute approximate surface area is 143 Å². The van der Waals surface area contributed by atoms with Gasteiger partial charge in [-0.05, 0) is 42.9 Å². The van der Waals surface area contributed by atoms with Crippen LogP contribution in [0.3, 0.4) is 0 Å². The van der Waals surface area contributed by atoms with Crippen molar-refractivity contribution in [2.45, 2.75) is 31.7 Å². The number of hydrogen-bond acceptors (Lipinski definition) is 2. The van der Waals surface area contributed by atoms with Crippen LogP contribution in [0.5, 0.6) is 0 Å². The minimum atomic E-state index is -0.446. The van der Waals surface area contributed by atoms with E-state index in [1.807, 2.05) is 0 Å². The highest BCUT2D eigenvalue weighted by molar-refractivity contribution is 5.71. The van der Waals surface area contributed by atoms with E-state index in [0.29, 0.717) is 12.6 Å². The molecule has 1 heterocycles. The zero-order valence-corrected chi connectivity index (χ0v) is 13.9. The number of nitrogens with one attached hydrogen (secondary N) is 1. The summed E-state index contributed by atoms with van der Waals surface area (Å²) in [6, 6.07) is 19.0. The van der Waals surface area contributed by atoms with Gasteiger partial charge in [0, 0.05) is 24.8 Å². The fraction of sp³-hybridized carbons (Fsp3) is 0.350. The third-order valence-corrected chi connectivity index (χ3v) is 4.71. The van der Waals surface area contributed by atoms with Gasteiger partial charge in [-0.2, -0.15) is 0 Å². The number of aryl methyl sites for hydroxylation is 2. The number of primary amides is 1. The molecule has 0 saturated carbocycles. The number of urea groups is 1. The van der Waals surface area contributed by atoms with Gasteiger partial charge in [-0.15, -0.1) is 0 Å². The maximum Gasteiger partial charge on any atom is 0.312 e. The zero-order chi connectivity index (χ0) is 16.8. The number of anilines is 1. The van der Waals surface area contributed by atoms with Crippen LogP contribution in [0.4, 0.5) is 10.5 Å². The molecule has 2 aromatic carbocycles. The van der Waals surface area contributed by atoms with Crippen molar-refractivity contribution in [1.82, 2.24) is 5.32 Å². The van der Waals surface area contributed by atoms with Crippen molar-refractivity contribution in [2.75, 3.05) is 18.0 Å². The van der Waals surface area contributed by atoms with Crippen LogP contribution in [-0.4, -0.2) is 25.2 Å². The molecule has 3 N–H and O–H groups in total. The first-order valence-electron chi connectivity index (χ1n) is 8.66. The minimum Gasteiger partial charge on any atom is -0.367 e. The Morgan fingerprint density at radius 2 is 1.88 bits per heavy atom. The van der Waals surface area contributed by atoms with Crippen LogP contribution < -0.4 is 16.0 Å². The van der Waals surface area contributed by atoms with Crippen molar-refractivity contribution in [1.29, 1.82) is 0 Å². The summed E-state index contributed by atoms with van der Waals surface area (Å²) >= 11 is 0. The molecule has 1 aliphatic heterocycles. The fourth-order valence-corrected chi connectivity index (χ4v) is 3.51. The summed E-state index contributed by atoms with van der Waals surface area (Å²) < 4.78 is 0. The molecule has 0 aliphatic carbocycles. The second kappa shape index (κ2) is 7.86. The minimum absolute atomic E-state index is 0.308. The average molecular weight is 323 g/mol. The Morgan fingerprint density at radius 3 is 2.67 bits per heavy atom. The van der Waals surface area contributed by atoms with Crippen LogP contribution in [0.2, 0.25) is 0 Å². The molecule has 4 heteroatoms. The van der Waals surface area contributed by atoms with E-state index in [9.17, 15) is 4.79 Å². The largest absolute Gasteiger partial charge is 0.367 e. The highest BCUT2D eigenvalue weighted by Crippen LogP contribution is 2.30. The Kier molecular flexibility index (Phi) is 5.36. The van der Waals surface area contributed by atoms with Crippen molar-refractivity contribution in [3.8, 4) is 0 Å². The lowest BCUT2D eigenvalue weighted by atomic mass is 9.95. The standard InChI is InChI=1S/C20H25N3O/c21-20(24)22-15-18-13-12-17-10-4-5-11-19(17)23(18)14-6-9-16-7-2-1-3-8-16/h1-5,7-8,10-11,18H,6,9,12-15H2,(H3,21,22,24). The average Bonchev–Trinajstić information content (AvgIpc) is 2.61. The number of fused-ring (bicyclic) bond motifs is 1. The van der Waals surface area contributed by atoms with Gasteiger partial charge in [0.25, 0.3) is 0 Å². The summed E-state index contributed by atoms with van der Waals surface area (Å²) in [5.41, 5.74) is 9.32. The van der Waals surface area contributed by atoms with E-state index in [2.05, 4.69) is 64.8 Å². The quantitative estimate of drug-likeness (QED) is 0.858. The number of nitrogens with two attached hydrogens (primary N) is 1. The molecule has 24 heavy (non-hydrogen) atoms. The van der Waals surface area contributed by atoms with E-state index in [1.54, 1.807) is 0 Å². The van der Waals surface area contributed by atoms with Crippen molar-refractivity contribution in [3.63, 3.8) is 0 Å². The lowest BCUT2D eigenvalue weighted by Crippen LogP contribution is -2.48. The summed E-state index contributed by atoms with van der Waals surface area (Å²) in [7, 11) is 0. The van der Waals surface area contributed by atoms with Gasteiger partial charge in [0.1, 0.15) is 0 Å². The maximum atomic E-state index is 11.1. The molecular formula is C20H25N3O. The molecule has 0 spiro atoms. The van der Waals surface area contributed by atoms with Crippen LogP contribution in [0.1, 0.15) is 24.0 Å². The predicted octanol–water partition coefficient (Wildman–Crippen LogP) is 3.11. The maximum absolute atomic E-state index is 11.1. The second-order valence-corrected chi connectivity index (χ2v) is 6.35. The Bertz CT molecular complexity index is 672. The normalized spacial score (nSPS) is 16.5. The van der Waals surface area contributed by atoms with Gasteiger partial charge in [0.2, 0.25) is 0 Å². The molecule has 0 fully saturated rings. The molecule has 0 saturated heterocycles. The number of rotatable bonds is 6. The van der Waals surface area contributed by atoms with Crippen LogP contribution in [-0.2, 0) is 12.8 Å². The number of benzene rings is 2. The Balaban J connectivity index is 1.68. The first kappa shape index (κ1) is 16.4. The van der Waals surface area contributed by atoms with E-state index in [1.165, 1.54) is 16.8 Å². The summed E-state index contributed by atoms with van der Waals surface area (Å²) in [6.45, 7) is 1.59. The summed E-state index contributed by atoms with van der Waals surface area (Å²) in [5.74, 6) is 0. The van der Waals surface area contributed by atoms with Crippen molar-refractivity contribution < 1.29 is 4.79 Å². The van der Waals surface area contributed by atoms with Gasteiger partial charge in [-0.25, -0.2) is 4.79 Å². The van der Waals surface area contributed by atoms with Crippen LogP contribution in [0, 0.1) is 0 Å². The summed E-state index contributed by atoms with van der Waals surface area (Å²) in [4.78, 5) is 13.5. The summed E-state index contributed by atoms with van der Waals surface area (Å²) in [5, 5.41) is 2.78. The molecule has 0 radical (unpaired) electrons. The third kappa shape index (κ3) is 4.07. The van der Waals surface area contributed by atoms with Gasteiger partial charge < -0.3 is 16.0 Å². The molecule has 0 bridgehead atoms. The van der Waals surface area contributed by atoms with Crippen molar-refractivity contribution in [3.05, 3.63) is 65.7 Å². The van der Waals surface area contributed by atoms with Gasteiger partial charge in [0.15, 0.2) is 0 Å². The molecule has 2 amide bonds. The van der Waals surface area contributed by atoms with E-state index in [4.69, 9.17) is 5.73 Å². The van der Waals surface area contributed by atoms with E-state index in [-0.39, 0.29) is 0 Å². The molecule has 126 valence electrons. The van der Waals surface area contributed by atoms with Crippen LogP contribution in [0.15, 0.2) is 54.6 Å². The smallest absolute Gasteiger partial charge is 0.312 e. The molecule has 1 atom stereocenters. The first-order chi connectivity index (χ1) is 11.7. The highest BCUT2D eigenvalue weighted by Gasteiger charge is 2.25. The van der Waals surface area contributed by atoms with Crippen LogP contribution >= 0.6 is 0 Å². The fourth-order valence-electron chi connectivity index (χ4n) is 3.51. The summed E-state index contributed by atoms with van der Waals surface area (Å²) in [6.07, 6.45) is 4.25. The molecular weight excluding hydrogens is 298 g/mol. The molecule has 3 rings (SSSR count). The van der Waals surface area contributed by atoms with Gasteiger partial charge in [-0.1, -0.05) is 48.5 Å². The molecule has 1 unspecified atom stereocenters. The van der Waals surface area contributed by atoms with E-state index >= 15 is 0 Å². The molecule has 4 nitrogen and oxygen atoms in total. The van der Waals surface area contributed by atoms with Crippen molar-refractivity contribution in [2.24, 2.45) is 5.73 Å². The predicted molar refractivity (Wildman–Crippen MR) is 98.2 cm³/mol. The van der Waals surface area contributed by atoms with E-state index < -0.39 is 6.03 Å².